The van der Waals surface area contributed by atoms with E-state index in [1.165, 1.54) is 12.4 Å². The van der Waals surface area contributed by atoms with E-state index in [1.54, 1.807) is 18.3 Å². The molecule has 6 rings (SSSR count). The molecule has 174 valence electrons. The summed E-state index contributed by atoms with van der Waals surface area (Å²) in [6.45, 7) is 2.03. The highest BCUT2D eigenvalue weighted by atomic mass is 19.1. The van der Waals surface area contributed by atoms with Crippen LogP contribution in [0, 0.1) is 5.82 Å². The Bertz CT molecular complexity index is 1570. The Morgan fingerprint density at radius 1 is 1.17 bits per heavy atom. The standard InChI is InChI=1S/C26H21FN6O2/c1-14(16-8-21(29-10-16)17-4-2-3-5-19(17)27)33-11-18(24-25(28)30-13-31-26(24)33)15-6-7-20-22(9-15)35-12-23(34)32-20/h2-7,9-11,13-14H,8,12H2,1H3,(H,32,34)(H2,28,30,31). The van der Waals surface area contributed by atoms with Crippen molar-refractivity contribution >= 4 is 34.2 Å². The molecule has 1 amide bonds. The van der Waals surface area contributed by atoms with Crippen LogP contribution in [0.25, 0.3) is 22.2 Å². The van der Waals surface area contributed by atoms with E-state index in [-0.39, 0.29) is 24.4 Å². The SMILES string of the molecule is CC(C1=CN=C(c2ccccc2F)C1)n1cc(-c2ccc3c(c2)OCC(=O)N3)c2c(N)ncnc21. The number of aliphatic imine (C=N–C) groups is 1. The van der Waals surface area contributed by atoms with Crippen molar-refractivity contribution in [3.8, 4) is 16.9 Å². The van der Waals surface area contributed by atoms with Crippen molar-refractivity contribution in [3.63, 3.8) is 0 Å². The van der Waals surface area contributed by atoms with Gasteiger partial charge in [0.15, 0.2) is 6.61 Å². The highest BCUT2D eigenvalue weighted by Gasteiger charge is 2.25. The summed E-state index contributed by atoms with van der Waals surface area (Å²) in [5.74, 6) is 0.489. The number of rotatable bonds is 4. The Hall–Kier alpha value is -4.53. The van der Waals surface area contributed by atoms with E-state index < -0.39 is 0 Å². The van der Waals surface area contributed by atoms with E-state index in [0.717, 1.165) is 22.1 Å². The second-order valence-corrected chi connectivity index (χ2v) is 8.57. The molecule has 1 atom stereocenters. The topological polar surface area (TPSA) is 107 Å². The molecule has 2 aromatic carbocycles. The number of aromatic nitrogens is 3. The summed E-state index contributed by atoms with van der Waals surface area (Å²) in [7, 11) is 0. The van der Waals surface area contributed by atoms with Gasteiger partial charge in [0.05, 0.1) is 22.8 Å². The number of benzene rings is 2. The smallest absolute Gasteiger partial charge is 0.262 e. The summed E-state index contributed by atoms with van der Waals surface area (Å²) in [4.78, 5) is 24.9. The molecule has 4 heterocycles. The first kappa shape index (κ1) is 21.0. The fraction of sp³-hybridized carbons (Fsp3) is 0.154. The van der Waals surface area contributed by atoms with Gasteiger partial charge in [0.2, 0.25) is 0 Å². The third-order valence-corrected chi connectivity index (χ3v) is 6.46. The van der Waals surface area contributed by atoms with Gasteiger partial charge in [-0.15, -0.1) is 0 Å². The van der Waals surface area contributed by atoms with Gasteiger partial charge < -0.3 is 20.4 Å². The maximum atomic E-state index is 14.3. The molecule has 4 aromatic rings. The Labute approximate surface area is 200 Å². The normalized spacial score (nSPS) is 15.8. The fourth-order valence-corrected chi connectivity index (χ4v) is 4.60. The second-order valence-electron chi connectivity index (χ2n) is 8.57. The zero-order chi connectivity index (χ0) is 24.1. The van der Waals surface area contributed by atoms with E-state index in [0.29, 0.717) is 40.6 Å². The molecule has 35 heavy (non-hydrogen) atoms. The first-order chi connectivity index (χ1) is 17.0. The molecule has 2 aromatic heterocycles. The number of nitrogens with one attached hydrogen (secondary N) is 1. The summed E-state index contributed by atoms with van der Waals surface area (Å²) in [6.07, 6.45) is 5.77. The summed E-state index contributed by atoms with van der Waals surface area (Å²) in [5, 5.41) is 3.53. The third-order valence-electron chi connectivity index (χ3n) is 6.46. The summed E-state index contributed by atoms with van der Waals surface area (Å²) in [5.41, 5.74) is 11.6. The van der Waals surface area contributed by atoms with Crippen LogP contribution >= 0.6 is 0 Å². The maximum absolute atomic E-state index is 14.3. The van der Waals surface area contributed by atoms with Gasteiger partial charge in [-0.05, 0) is 36.3 Å². The molecule has 0 fully saturated rings. The number of amides is 1. The van der Waals surface area contributed by atoms with Crippen molar-refractivity contribution in [1.29, 1.82) is 0 Å². The minimum absolute atomic E-state index is 0.0288. The first-order valence-corrected chi connectivity index (χ1v) is 11.2. The maximum Gasteiger partial charge on any atom is 0.262 e. The lowest BCUT2D eigenvalue weighted by Gasteiger charge is -2.18. The minimum atomic E-state index is -0.284. The van der Waals surface area contributed by atoms with Crippen LogP contribution in [-0.4, -0.2) is 32.8 Å². The van der Waals surface area contributed by atoms with Crippen LogP contribution in [0.15, 0.2) is 71.8 Å². The van der Waals surface area contributed by atoms with Crippen LogP contribution in [-0.2, 0) is 4.79 Å². The molecular formula is C26H21FN6O2. The molecule has 1 unspecified atom stereocenters. The average Bonchev–Trinajstić information content (AvgIpc) is 3.50. The van der Waals surface area contributed by atoms with Crippen molar-refractivity contribution in [3.05, 3.63) is 78.1 Å². The first-order valence-electron chi connectivity index (χ1n) is 11.2. The van der Waals surface area contributed by atoms with Gasteiger partial charge in [-0.1, -0.05) is 24.3 Å². The van der Waals surface area contributed by atoms with E-state index in [1.807, 2.05) is 35.0 Å². The highest BCUT2D eigenvalue weighted by Crippen LogP contribution is 2.40. The zero-order valence-electron chi connectivity index (χ0n) is 18.8. The molecule has 0 bridgehead atoms. The summed E-state index contributed by atoms with van der Waals surface area (Å²) < 4.78 is 21.9. The van der Waals surface area contributed by atoms with Gasteiger partial charge in [-0.3, -0.25) is 9.79 Å². The number of allylic oxidation sites excluding steroid dienone is 1. The second kappa shape index (κ2) is 8.05. The van der Waals surface area contributed by atoms with Gasteiger partial charge in [-0.25, -0.2) is 14.4 Å². The molecule has 2 aliphatic heterocycles. The Morgan fingerprint density at radius 2 is 2.03 bits per heavy atom. The van der Waals surface area contributed by atoms with Gasteiger partial charge in [0.25, 0.3) is 5.91 Å². The molecule has 8 nitrogen and oxygen atoms in total. The number of hydrogen-bond acceptors (Lipinski definition) is 6. The third kappa shape index (κ3) is 3.52. The van der Waals surface area contributed by atoms with Crippen molar-refractivity contribution in [2.75, 3.05) is 17.7 Å². The lowest BCUT2D eigenvalue weighted by atomic mass is 10.0. The minimum Gasteiger partial charge on any atom is -0.482 e. The van der Waals surface area contributed by atoms with Gasteiger partial charge >= 0.3 is 0 Å². The zero-order valence-corrected chi connectivity index (χ0v) is 18.8. The van der Waals surface area contributed by atoms with Crippen LogP contribution < -0.4 is 15.8 Å². The molecule has 0 saturated carbocycles. The van der Waals surface area contributed by atoms with Crippen molar-refractivity contribution in [2.45, 2.75) is 19.4 Å². The molecule has 9 heteroatoms. The number of carbonyl (C=O) groups excluding carboxylic acids is 1. The van der Waals surface area contributed by atoms with Crippen LogP contribution in [0.4, 0.5) is 15.9 Å². The monoisotopic (exact) mass is 468 g/mol. The average molecular weight is 468 g/mol. The number of nitrogens with zero attached hydrogens (tertiary/aromatic N) is 4. The van der Waals surface area contributed by atoms with Gasteiger partial charge in [0.1, 0.15) is 29.4 Å². The number of nitrogen functional groups attached to an aromatic ring is 1. The van der Waals surface area contributed by atoms with Gasteiger partial charge in [0, 0.05) is 29.9 Å². The molecule has 3 N–H and O–H groups in total. The lowest BCUT2D eigenvalue weighted by Crippen LogP contribution is -2.25. The highest BCUT2D eigenvalue weighted by molar-refractivity contribution is 6.04. The van der Waals surface area contributed by atoms with E-state index in [2.05, 4.69) is 27.2 Å². The largest absolute Gasteiger partial charge is 0.482 e. The number of ether oxygens (including phenoxy) is 1. The van der Waals surface area contributed by atoms with Crippen molar-refractivity contribution in [2.24, 2.45) is 4.99 Å². The van der Waals surface area contributed by atoms with Gasteiger partial charge in [-0.2, -0.15) is 0 Å². The van der Waals surface area contributed by atoms with Crippen LogP contribution in [0.3, 0.4) is 0 Å². The lowest BCUT2D eigenvalue weighted by molar-refractivity contribution is -0.118. The molecule has 2 aliphatic rings. The van der Waals surface area contributed by atoms with E-state index in [9.17, 15) is 9.18 Å². The van der Waals surface area contributed by atoms with E-state index in [4.69, 9.17) is 10.5 Å². The molecular weight excluding hydrogens is 447 g/mol. The predicted octanol–water partition coefficient (Wildman–Crippen LogP) is 4.49. The Morgan fingerprint density at radius 3 is 2.89 bits per heavy atom. The summed E-state index contributed by atoms with van der Waals surface area (Å²) >= 11 is 0. The Kier molecular flexibility index (Phi) is 4.84. The number of nitrogens with two attached hydrogens (primary N) is 1. The number of halogens is 1. The van der Waals surface area contributed by atoms with Crippen molar-refractivity contribution < 1.29 is 13.9 Å². The number of fused-ring (bicyclic) bond motifs is 2. The van der Waals surface area contributed by atoms with Crippen molar-refractivity contribution in [1.82, 2.24) is 14.5 Å². The van der Waals surface area contributed by atoms with E-state index >= 15 is 0 Å². The number of hydrogen-bond donors (Lipinski definition) is 2. The fourth-order valence-electron chi connectivity index (χ4n) is 4.60. The summed E-state index contributed by atoms with van der Waals surface area (Å²) in [6, 6.07) is 12.1. The van der Waals surface area contributed by atoms with Crippen LogP contribution in [0.1, 0.15) is 24.9 Å². The molecule has 0 spiro atoms. The van der Waals surface area contributed by atoms with Crippen LogP contribution in [0.2, 0.25) is 0 Å². The number of anilines is 2. The quantitative estimate of drug-likeness (QED) is 0.459. The number of carbonyl (C=O) groups is 1. The predicted molar refractivity (Wildman–Crippen MR) is 132 cm³/mol. The van der Waals surface area contributed by atoms with Crippen LogP contribution in [0.5, 0.6) is 5.75 Å². The molecule has 0 radical (unpaired) electrons. The Balaban J connectivity index is 1.38. The molecule has 0 aliphatic carbocycles. The molecule has 0 saturated heterocycles.